The summed E-state index contributed by atoms with van der Waals surface area (Å²) in [5, 5.41) is 5.76. The van der Waals surface area contributed by atoms with Gasteiger partial charge in [-0.25, -0.2) is 0 Å². The molecular weight excluding hydrogens is 258 g/mol. The molecule has 2 rings (SSSR count). The van der Waals surface area contributed by atoms with Crippen LogP contribution in [-0.2, 0) is 9.59 Å². The predicted octanol–water partition coefficient (Wildman–Crippen LogP) is 0.374. The number of carbonyl (C=O) groups is 2. The number of amides is 2. The molecule has 6 heteroatoms. The van der Waals surface area contributed by atoms with Gasteiger partial charge < -0.3 is 20.3 Å². The third-order valence-corrected chi connectivity index (χ3v) is 3.20. The highest BCUT2D eigenvalue weighted by Crippen LogP contribution is 2.25. The quantitative estimate of drug-likeness (QED) is 0.766. The zero-order chi connectivity index (χ0) is 14.5. The van der Waals surface area contributed by atoms with Crippen molar-refractivity contribution < 1.29 is 14.3 Å². The molecule has 0 bridgehead atoms. The lowest BCUT2D eigenvalue weighted by molar-refractivity contribution is -0.143. The molecule has 0 unspecified atom stereocenters. The van der Waals surface area contributed by atoms with E-state index in [1.165, 1.54) is 7.11 Å². The first-order valence-electron chi connectivity index (χ1n) is 6.57. The number of hydrogen-bond acceptors (Lipinski definition) is 4. The standard InChI is InChI=1S/C14H19N3O3/c1-10-3-4-12(20-2)11(9-10)16-13(18)14(19)17-7-5-15-6-8-17/h3-4,9,15H,5-8H2,1-2H3,(H,16,18). The Morgan fingerprint density at radius 2 is 2.00 bits per heavy atom. The molecule has 0 atom stereocenters. The Kier molecular flexibility index (Phi) is 4.57. The van der Waals surface area contributed by atoms with Crippen LogP contribution in [-0.4, -0.2) is 50.0 Å². The van der Waals surface area contributed by atoms with E-state index in [1.54, 1.807) is 17.0 Å². The lowest BCUT2D eigenvalue weighted by Gasteiger charge is -2.26. The van der Waals surface area contributed by atoms with Gasteiger partial charge >= 0.3 is 11.8 Å². The van der Waals surface area contributed by atoms with Gasteiger partial charge in [0.25, 0.3) is 0 Å². The van der Waals surface area contributed by atoms with Crippen molar-refractivity contribution >= 4 is 17.5 Å². The van der Waals surface area contributed by atoms with Crippen molar-refractivity contribution in [3.63, 3.8) is 0 Å². The molecule has 1 aromatic rings. The molecule has 2 amide bonds. The summed E-state index contributed by atoms with van der Waals surface area (Å²) in [6.45, 7) is 4.45. The van der Waals surface area contributed by atoms with E-state index >= 15 is 0 Å². The summed E-state index contributed by atoms with van der Waals surface area (Å²) in [6.07, 6.45) is 0. The number of benzene rings is 1. The number of hydrogen-bond donors (Lipinski definition) is 2. The number of aryl methyl sites for hydroxylation is 1. The summed E-state index contributed by atoms with van der Waals surface area (Å²) < 4.78 is 5.18. The molecule has 0 aromatic heterocycles. The van der Waals surface area contributed by atoms with Crippen LogP contribution in [0.5, 0.6) is 5.75 Å². The number of rotatable bonds is 2. The average molecular weight is 277 g/mol. The van der Waals surface area contributed by atoms with Gasteiger partial charge in [0.05, 0.1) is 12.8 Å². The van der Waals surface area contributed by atoms with Crippen LogP contribution in [0.2, 0.25) is 0 Å². The first-order chi connectivity index (χ1) is 9.61. The van der Waals surface area contributed by atoms with Gasteiger partial charge in [0.15, 0.2) is 0 Å². The van der Waals surface area contributed by atoms with Crippen molar-refractivity contribution in [2.45, 2.75) is 6.92 Å². The minimum Gasteiger partial charge on any atom is -0.495 e. The lowest BCUT2D eigenvalue weighted by Crippen LogP contribution is -2.49. The molecule has 1 aliphatic heterocycles. The van der Waals surface area contributed by atoms with Crippen LogP contribution < -0.4 is 15.4 Å². The minimum absolute atomic E-state index is 0.505. The molecule has 2 N–H and O–H groups in total. The van der Waals surface area contributed by atoms with Gasteiger partial charge in [-0.3, -0.25) is 9.59 Å². The van der Waals surface area contributed by atoms with Crippen LogP contribution in [0.15, 0.2) is 18.2 Å². The molecule has 6 nitrogen and oxygen atoms in total. The van der Waals surface area contributed by atoms with Gasteiger partial charge in [-0.15, -0.1) is 0 Å². The normalized spacial score (nSPS) is 14.8. The van der Waals surface area contributed by atoms with Gasteiger partial charge in [0.1, 0.15) is 5.75 Å². The number of ether oxygens (including phenoxy) is 1. The summed E-state index contributed by atoms with van der Waals surface area (Å²) in [6, 6.07) is 5.43. The summed E-state index contributed by atoms with van der Waals surface area (Å²) in [5.74, 6) is -0.595. The Morgan fingerprint density at radius 3 is 2.65 bits per heavy atom. The van der Waals surface area contributed by atoms with E-state index in [1.807, 2.05) is 13.0 Å². The maximum absolute atomic E-state index is 12.0. The van der Waals surface area contributed by atoms with Gasteiger partial charge in [-0.2, -0.15) is 0 Å². The highest BCUT2D eigenvalue weighted by molar-refractivity contribution is 6.39. The summed E-state index contributed by atoms with van der Waals surface area (Å²) in [5.41, 5.74) is 1.50. The van der Waals surface area contributed by atoms with Crippen molar-refractivity contribution in [2.75, 3.05) is 38.6 Å². The van der Waals surface area contributed by atoms with Crippen LogP contribution in [0, 0.1) is 6.92 Å². The zero-order valence-electron chi connectivity index (χ0n) is 11.7. The van der Waals surface area contributed by atoms with Crippen molar-refractivity contribution in [1.82, 2.24) is 10.2 Å². The molecule has 1 fully saturated rings. The highest BCUT2D eigenvalue weighted by atomic mass is 16.5. The first-order valence-corrected chi connectivity index (χ1v) is 6.57. The van der Waals surface area contributed by atoms with E-state index in [9.17, 15) is 9.59 Å². The number of methoxy groups -OCH3 is 1. The zero-order valence-corrected chi connectivity index (χ0v) is 11.7. The van der Waals surface area contributed by atoms with Crippen molar-refractivity contribution in [1.29, 1.82) is 0 Å². The second-order valence-electron chi connectivity index (χ2n) is 4.70. The molecule has 0 aliphatic carbocycles. The topological polar surface area (TPSA) is 70.7 Å². The van der Waals surface area contributed by atoms with E-state index in [-0.39, 0.29) is 0 Å². The molecule has 20 heavy (non-hydrogen) atoms. The Balaban J connectivity index is 2.07. The van der Waals surface area contributed by atoms with E-state index in [0.29, 0.717) is 37.6 Å². The predicted molar refractivity (Wildman–Crippen MR) is 75.8 cm³/mol. The lowest BCUT2D eigenvalue weighted by atomic mass is 10.2. The van der Waals surface area contributed by atoms with Crippen LogP contribution >= 0.6 is 0 Å². The van der Waals surface area contributed by atoms with Crippen molar-refractivity contribution in [3.05, 3.63) is 23.8 Å². The van der Waals surface area contributed by atoms with Crippen molar-refractivity contribution in [2.24, 2.45) is 0 Å². The molecule has 1 heterocycles. The maximum atomic E-state index is 12.0. The molecular formula is C14H19N3O3. The van der Waals surface area contributed by atoms with E-state index < -0.39 is 11.8 Å². The summed E-state index contributed by atoms with van der Waals surface area (Å²) in [4.78, 5) is 25.6. The molecule has 108 valence electrons. The summed E-state index contributed by atoms with van der Waals surface area (Å²) >= 11 is 0. The van der Waals surface area contributed by atoms with E-state index in [4.69, 9.17) is 4.74 Å². The Hall–Kier alpha value is -2.08. The van der Waals surface area contributed by atoms with Gasteiger partial charge in [-0.05, 0) is 24.6 Å². The number of carbonyl (C=O) groups excluding carboxylic acids is 2. The maximum Gasteiger partial charge on any atom is 0.314 e. The summed E-state index contributed by atoms with van der Waals surface area (Å²) in [7, 11) is 1.53. The van der Waals surface area contributed by atoms with Gasteiger partial charge in [0, 0.05) is 26.2 Å². The second-order valence-corrected chi connectivity index (χ2v) is 4.70. The van der Waals surface area contributed by atoms with Crippen molar-refractivity contribution in [3.8, 4) is 5.75 Å². The number of anilines is 1. The Bertz CT molecular complexity index is 510. The largest absolute Gasteiger partial charge is 0.495 e. The molecule has 0 spiro atoms. The Labute approximate surface area is 118 Å². The van der Waals surface area contributed by atoms with E-state index in [2.05, 4.69) is 10.6 Å². The second kappa shape index (κ2) is 6.38. The number of nitrogens with zero attached hydrogens (tertiary/aromatic N) is 1. The van der Waals surface area contributed by atoms with Gasteiger partial charge in [0.2, 0.25) is 0 Å². The average Bonchev–Trinajstić information content (AvgIpc) is 2.47. The first kappa shape index (κ1) is 14.3. The number of nitrogens with one attached hydrogen (secondary N) is 2. The fraction of sp³-hybridized carbons (Fsp3) is 0.429. The van der Waals surface area contributed by atoms with Crippen LogP contribution in [0.1, 0.15) is 5.56 Å². The molecule has 1 aromatic carbocycles. The molecule has 1 aliphatic rings. The third-order valence-electron chi connectivity index (χ3n) is 3.20. The fourth-order valence-electron chi connectivity index (χ4n) is 2.11. The minimum atomic E-state index is -0.629. The third kappa shape index (κ3) is 3.27. The van der Waals surface area contributed by atoms with Crippen LogP contribution in [0.3, 0.4) is 0 Å². The fourth-order valence-corrected chi connectivity index (χ4v) is 2.11. The van der Waals surface area contributed by atoms with E-state index in [0.717, 1.165) is 5.56 Å². The molecule has 0 radical (unpaired) electrons. The highest BCUT2D eigenvalue weighted by Gasteiger charge is 2.23. The monoisotopic (exact) mass is 277 g/mol. The SMILES string of the molecule is COc1ccc(C)cc1NC(=O)C(=O)N1CCNCC1. The number of piperazine rings is 1. The van der Waals surface area contributed by atoms with Crippen LogP contribution in [0.4, 0.5) is 5.69 Å². The van der Waals surface area contributed by atoms with Crippen LogP contribution in [0.25, 0.3) is 0 Å². The Morgan fingerprint density at radius 1 is 1.30 bits per heavy atom. The van der Waals surface area contributed by atoms with Gasteiger partial charge in [-0.1, -0.05) is 6.07 Å². The smallest absolute Gasteiger partial charge is 0.314 e. The molecule has 0 saturated carbocycles. The molecule has 1 saturated heterocycles.